The Morgan fingerprint density at radius 2 is 2.00 bits per heavy atom. The zero-order valence-corrected chi connectivity index (χ0v) is 6.48. The molecule has 0 aliphatic heterocycles. The minimum absolute atomic E-state index is 0.441. The van der Waals surface area contributed by atoms with Crippen LogP contribution in [0.2, 0.25) is 0 Å². The summed E-state index contributed by atoms with van der Waals surface area (Å²) in [5.74, 6) is -1.77. The van der Waals surface area contributed by atoms with Crippen molar-refractivity contribution in [1.82, 2.24) is 14.8 Å². The van der Waals surface area contributed by atoms with Crippen molar-refractivity contribution in [1.29, 1.82) is 0 Å². The molecular formula is C8H5F2N3. The van der Waals surface area contributed by atoms with E-state index in [1.54, 1.807) is 0 Å². The summed E-state index contributed by atoms with van der Waals surface area (Å²) >= 11 is 0. The first-order chi connectivity index (χ1) is 6.27. The lowest BCUT2D eigenvalue weighted by molar-refractivity contribution is 0.507. The average Bonchev–Trinajstić information content (AvgIpc) is 2.62. The van der Waals surface area contributed by atoms with Crippen LogP contribution in [0.5, 0.6) is 0 Å². The minimum atomic E-state index is -0.895. The molecule has 0 spiro atoms. The Balaban J connectivity index is 2.49. The summed E-state index contributed by atoms with van der Waals surface area (Å²) in [5, 5.41) is 3.77. The van der Waals surface area contributed by atoms with Gasteiger partial charge in [-0.3, -0.25) is 0 Å². The van der Waals surface area contributed by atoms with E-state index in [4.69, 9.17) is 0 Å². The molecule has 0 radical (unpaired) electrons. The third kappa shape index (κ3) is 1.40. The highest BCUT2D eigenvalue weighted by atomic mass is 19.2. The molecule has 0 fully saturated rings. The molecule has 1 aromatic carbocycles. The summed E-state index contributed by atoms with van der Waals surface area (Å²) < 4.78 is 26.6. The van der Waals surface area contributed by atoms with Crippen molar-refractivity contribution in [2.45, 2.75) is 0 Å². The molecule has 0 unspecified atom stereocenters. The van der Waals surface area contributed by atoms with E-state index in [2.05, 4.69) is 10.1 Å². The molecule has 66 valence electrons. The summed E-state index contributed by atoms with van der Waals surface area (Å²) in [4.78, 5) is 3.69. The van der Waals surface area contributed by atoms with Gasteiger partial charge in [0.15, 0.2) is 11.6 Å². The number of hydrogen-bond acceptors (Lipinski definition) is 2. The molecule has 1 heterocycles. The second kappa shape index (κ2) is 2.93. The second-order valence-electron chi connectivity index (χ2n) is 2.44. The van der Waals surface area contributed by atoms with Crippen LogP contribution in [-0.4, -0.2) is 14.8 Å². The van der Waals surface area contributed by atoms with Gasteiger partial charge in [-0.05, 0) is 12.1 Å². The van der Waals surface area contributed by atoms with Gasteiger partial charge in [0.2, 0.25) is 0 Å². The number of aromatic nitrogens is 3. The van der Waals surface area contributed by atoms with Crippen LogP contribution in [-0.2, 0) is 0 Å². The minimum Gasteiger partial charge on any atom is -0.223 e. The van der Waals surface area contributed by atoms with Crippen molar-refractivity contribution < 1.29 is 8.78 Å². The number of nitrogens with zero attached hydrogens (tertiary/aromatic N) is 3. The molecule has 0 N–H and O–H groups in total. The van der Waals surface area contributed by atoms with Crippen LogP contribution in [0.1, 0.15) is 0 Å². The van der Waals surface area contributed by atoms with E-state index in [0.717, 1.165) is 12.1 Å². The molecule has 0 aliphatic carbocycles. The van der Waals surface area contributed by atoms with Crippen LogP contribution in [0, 0.1) is 11.6 Å². The molecule has 0 saturated heterocycles. The van der Waals surface area contributed by atoms with Crippen LogP contribution in [0.15, 0.2) is 30.9 Å². The van der Waals surface area contributed by atoms with Gasteiger partial charge in [0, 0.05) is 6.07 Å². The fourth-order valence-corrected chi connectivity index (χ4v) is 0.969. The molecule has 0 bridgehead atoms. The van der Waals surface area contributed by atoms with Crippen LogP contribution in [0.25, 0.3) is 5.69 Å². The highest BCUT2D eigenvalue weighted by Crippen LogP contribution is 2.10. The molecule has 5 heteroatoms. The van der Waals surface area contributed by atoms with Crippen molar-refractivity contribution in [3.8, 4) is 5.69 Å². The maximum absolute atomic E-state index is 12.7. The average molecular weight is 181 g/mol. The molecule has 0 atom stereocenters. The SMILES string of the molecule is Fc1ccc(-n2cncn2)cc1F. The predicted octanol–water partition coefficient (Wildman–Crippen LogP) is 1.55. The monoisotopic (exact) mass is 181 g/mol. The topological polar surface area (TPSA) is 30.7 Å². The second-order valence-corrected chi connectivity index (χ2v) is 2.44. The summed E-state index contributed by atoms with van der Waals surface area (Å²) in [7, 11) is 0. The Hall–Kier alpha value is -1.78. The van der Waals surface area contributed by atoms with Gasteiger partial charge in [0.1, 0.15) is 12.7 Å². The first kappa shape index (κ1) is 7.85. The van der Waals surface area contributed by atoms with Crippen molar-refractivity contribution in [2.75, 3.05) is 0 Å². The third-order valence-corrected chi connectivity index (χ3v) is 1.59. The summed E-state index contributed by atoms with van der Waals surface area (Å²) in [6, 6.07) is 3.53. The number of rotatable bonds is 1. The molecule has 1 aromatic heterocycles. The van der Waals surface area contributed by atoms with Gasteiger partial charge in [-0.15, -0.1) is 0 Å². The zero-order chi connectivity index (χ0) is 9.26. The summed E-state index contributed by atoms with van der Waals surface area (Å²) in [5.41, 5.74) is 0.441. The van der Waals surface area contributed by atoms with Gasteiger partial charge in [-0.25, -0.2) is 18.4 Å². The molecular weight excluding hydrogens is 176 g/mol. The van der Waals surface area contributed by atoms with Crippen LogP contribution in [0.4, 0.5) is 8.78 Å². The van der Waals surface area contributed by atoms with Crippen molar-refractivity contribution in [2.24, 2.45) is 0 Å². The van der Waals surface area contributed by atoms with Crippen molar-refractivity contribution in [3.63, 3.8) is 0 Å². The molecule has 3 nitrogen and oxygen atoms in total. The molecule has 0 amide bonds. The van der Waals surface area contributed by atoms with Crippen LogP contribution in [0.3, 0.4) is 0 Å². The van der Waals surface area contributed by atoms with Gasteiger partial charge in [-0.1, -0.05) is 0 Å². The number of hydrogen-bond donors (Lipinski definition) is 0. The maximum Gasteiger partial charge on any atom is 0.160 e. The first-order valence-electron chi connectivity index (χ1n) is 3.57. The Labute approximate surface area is 72.6 Å². The highest BCUT2D eigenvalue weighted by Gasteiger charge is 2.03. The van der Waals surface area contributed by atoms with E-state index in [1.807, 2.05) is 0 Å². The van der Waals surface area contributed by atoms with E-state index in [1.165, 1.54) is 23.4 Å². The lowest BCUT2D eigenvalue weighted by atomic mass is 10.3. The van der Waals surface area contributed by atoms with E-state index in [0.29, 0.717) is 5.69 Å². The lowest BCUT2D eigenvalue weighted by Gasteiger charge is -1.99. The summed E-state index contributed by atoms with van der Waals surface area (Å²) in [6.45, 7) is 0. The van der Waals surface area contributed by atoms with Gasteiger partial charge in [0.05, 0.1) is 5.69 Å². The van der Waals surface area contributed by atoms with E-state index in [-0.39, 0.29) is 0 Å². The quantitative estimate of drug-likeness (QED) is 0.668. The largest absolute Gasteiger partial charge is 0.223 e. The van der Waals surface area contributed by atoms with Gasteiger partial charge in [0.25, 0.3) is 0 Å². The molecule has 13 heavy (non-hydrogen) atoms. The normalized spacial score (nSPS) is 10.3. The Bertz CT molecular complexity index is 411. The molecule has 2 rings (SSSR count). The Kier molecular flexibility index (Phi) is 1.77. The molecule has 0 saturated carbocycles. The molecule has 0 aliphatic rings. The third-order valence-electron chi connectivity index (χ3n) is 1.59. The number of benzene rings is 1. The highest BCUT2D eigenvalue weighted by molar-refractivity contribution is 5.30. The van der Waals surface area contributed by atoms with Gasteiger partial charge in [-0.2, -0.15) is 5.10 Å². The van der Waals surface area contributed by atoms with Crippen molar-refractivity contribution >= 4 is 0 Å². The van der Waals surface area contributed by atoms with E-state index in [9.17, 15) is 8.78 Å². The Morgan fingerprint density at radius 1 is 1.15 bits per heavy atom. The predicted molar refractivity (Wildman–Crippen MR) is 41.3 cm³/mol. The number of halogens is 2. The summed E-state index contributed by atoms with van der Waals surface area (Å²) in [6.07, 6.45) is 2.73. The van der Waals surface area contributed by atoms with E-state index >= 15 is 0 Å². The molecule has 2 aromatic rings. The van der Waals surface area contributed by atoms with E-state index < -0.39 is 11.6 Å². The lowest BCUT2D eigenvalue weighted by Crippen LogP contribution is -1.95. The zero-order valence-electron chi connectivity index (χ0n) is 6.48. The first-order valence-corrected chi connectivity index (χ1v) is 3.57. The standard InChI is InChI=1S/C8H5F2N3/c9-7-2-1-6(3-8(7)10)13-5-11-4-12-13/h1-5H. The van der Waals surface area contributed by atoms with Crippen molar-refractivity contribution in [3.05, 3.63) is 42.5 Å². The Morgan fingerprint density at radius 3 is 2.62 bits per heavy atom. The fourth-order valence-electron chi connectivity index (χ4n) is 0.969. The van der Waals surface area contributed by atoms with Gasteiger partial charge < -0.3 is 0 Å². The maximum atomic E-state index is 12.7. The van der Waals surface area contributed by atoms with Crippen LogP contribution >= 0.6 is 0 Å². The smallest absolute Gasteiger partial charge is 0.160 e. The van der Waals surface area contributed by atoms with Gasteiger partial charge >= 0.3 is 0 Å². The van der Waals surface area contributed by atoms with Crippen LogP contribution < -0.4 is 0 Å². The fraction of sp³-hybridized carbons (Fsp3) is 0.